The van der Waals surface area contributed by atoms with E-state index < -0.39 is 5.97 Å². The van der Waals surface area contributed by atoms with Crippen LogP contribution in [0.3, 0.4) is 0 Å². The molecule has 0 spiro atoms. The molecule has 1 heterocycles. The molecule has 5 nitrogen and oxygen atoms in total. The Morgan fingerprint density at radius 1 is 0.933 bits per heavy atom. The third kappa shape index (κ3) is 4.86. The molecule has 1 aliphatic rings. The van der Waals surface area contributed by atoms with Gasteiger partial charge in [-0.15, -0.1) is 0 Å². The molecular formula is C25H21NO4. The van der Waals surface area contributed by atoms with Crippen molar-refractivity contribution in [1.29, 1.82) is 5.26 Å². The number of hydrogen-bond donors (Lipinski definition) is 0. The zero-order chi connectivity index (χ0) is 20.8. The lowest BCUT2D eigenvalue weighted by molar-refractivity contribution is 0.0678. The molecule has 0 N–H and O–H groups in total. The van der Waals surface area contributed by atoms with Gasteiger partial charge in [-0.05, 0) is 72.5 Å². The lowest BCUT2D eigenvalue weighted by atomic mass is 10.0. The monoisotopic (exact) mass is 399 g/mol. The van der Waals surface area contributed by atoms with E-state index in [1.807, 2.05) is 24.3 Å². The molecule has 4 rings (SSSR count). The fourth-order valence-corrected chi connectivity index (χ4v) is 3.27. The Balaban J connectivity index is 1.34. The van der Waals surface area contributed by atoms with Crippen molar-refractivity contribution in [1.82, 2.24) is 0 Å². The minimum absolute atomic E-state index is 0.155. The summed E-state index contributed by atoms with van der Waals surface area (Å²) in [5, 5.41) is 8.89. The molecule has 1 aliphatic heterocycles. The second-order valence-corrected chi connectivity index (χ2v) is 7.07. The fourth-order valence-electron chi connectivity index (χ4n) is 3.27. The van der Waals surface area contributed by atoms with E-state index >= 15 is 0 Å². The number of nitrogens with zero attached hydrogens (tertiary/aromatic N) is 1. The van der Waals surface area contributed by atoms with E-state index in [0.717, 1.165) is 30.6 Å². The maximum atomic E-state index is 12.4. The normalized spacial score (nSPS) is 15.4. The highest BCUT2D eigenvalue weighted by Crippen LogP contribution is 2.24. The SMILES string of the molecule is N#Cc1ccc(-c2ccc(OC(=O)c3ccc(OC[C@@H]4CCCO4)cc3)cc2)cc1. The highest BCUT2D eigenvalue weighted by atomic mass is 16.5. The largest absolute Gasteiger partial charge is 0.491 e. The molecule has 3 aromatic carbocycles. The third-order valence-electron chi connectivity index (χ3n) is 4.96. The number of rotatable bonds is 6. The highest BCUT2D eigenvalue weighted by molar-refractivity contribution is 5.91. The summed E-state index contributed by atoms with van der Waals surface area (Å²) in [6.07, 6.45) is 2.25. The summed E-state index contributed by atoms with van der Waals surface area (Å²) in [4.78, 5) is 12.4. The van der Waals surface area contributed by atoms with Gasteiger partial charge in [0.25, 0.3) is 0 Å². The third-order valence-corrected chi connectivity index (χ3v) is 4.96. The van der Waals surface area contributed by atoms with Crippen molar-refractivity contribution < 1.29 is 19.0 Å². The van der Waals surface area contributed by atoms with Crippen LogP contribution in [0.1, 0.15) is 28.8 Å². The number of esters is 1. The molecule has 1 saturated heterocycles. The quantitative estimate of drug-likeness (QED) is 0.431. The molecule has 150 valence electrons. The van der Waals surface area contributed by atoms with Gasteiger partial charge in [0.15, 0.2) is 0 Å². The minimum atomic E-state index is -0.424. The van der Waals surface area contributed by atoms with Gasteiger partial charge in [-0.25, -0.2) is 4.79 Å². The molecule has 0 aliphatic carbocycles. The summed E-state index contributed by atoms with van der Waals surface area (Å²) < 4.78 is 16.7. The molecule has 1 fully saturated rings. The van der Waals surface area contributed by atoms with Crippen LogP contribution in [0, 0.1) is 11.3 Å². The Morgan fingerprint density at radius 2 is 1.57 bits per heavy atom. The molecule has 1 atom stereocenters. The van der Waals surface area contributed by atoms with Gasteiger partial charge in [0.05, 0.1) is 23.3 Å². The average molecular weight is 399 g/mol. The van der Waals surface area contributed by atoms with Crippen LogP contribution in [0.5, 0.6) is 11.5 Å². The van der Waals surface area contributed by atoms with Crippen molar-refractivity contribution in [2.75, 3.05) is 13.2 Å². The molecule has 0 saturated carbocycles. The maximum Gasteiger partial charge on any atom is 0.343 e. The number of benzene rings is 3. The fraction of sp³-hybridized carbons (Fsp3) is 0.200. The van der Waals surface area contributed by atoms with Crippen LogP contribution in [-0.2, 0) is 4.74 Å². The van der Waals surface area contributed by atoms with Crippen LogP contribution in [0.2, 0.25) is 0 Å². The van der Waals surface area contributed by atoms with E-state index in [9.17, 15) is 4.79 Å². The van der Waals surface area contributed by atoms with Crippen LogP contribution in [0.4, 0.5) is 0 Å². The Hall–Kier alpha value is -3.62. The van der Waals surface area contributed by atoms with Gasteiger partial charge in [-0.3, -0.25) is 0 Å². The van der Waals surface area contributed by atoms with Gasteiger partial charge in [-0.1, -0.05) is 24.3 Å². The molecule has 0 bridgehead atoms. The average Bonchev–Trinajstić information content (AvgIpc) is 3.32. The maximum absolute atomic E-state index is 12.4. The van der Waals surface area contributed by atoms with Crippen LogP contribution in [0.25, 0.3) is 11.1 Å². The first-order valence-electron chi connectivity index (χ1n) is 9.88. The Labute approximate surface area is 175 Å². The van der Waals surface area contributed by atoms with E-state index in [4.69, 9.17) is 19.5 Å². The van der Waals surface area contributed by atoms with Crippen molar-refractivity contribution in [3.63, 3.8) is 0 Å². The number of carbonyl (C=O) groups excluding carboxylic acids is 1. The van der Waals surface area contributed by atoms with Crippen molar-refractivity contribution in [3.8, 4) is 28.7 Å². The first kappa shape index (κ1) is 19.7. The van der Waals surface area contributed by atoms with Gasteiger partial charge in [0, 0.05) is 6.61 Å². The van der Waals surface area contributed by atoms with Crippen LogP contribution < -0.4 is 9.47 Å². The molecule has 0 amide bonds. The summed E-state index contributed by atoms with van der Waals surface area (Å²) in [6.45, 7) is 1.32. The summed E-state index contributed by atoms with van der Waals surface area (Å²) in [5.74, 6) is 0.747. The van der Waals surface area contributed by atoms with E-state index in [-0.39, 0.29) is 6.10 Å². The van der Waals surface area contributed by atoms with Crippen molar-refractivity contribution in [2.45, 2.75) is 18.9 Å². The number of carbonyl (C=O) groups is 1. The summed E-state index contributed by atoms with van der Waals surface area (Å²) in [7, 11) is 0. The topological polar surface area (TPSA) is 68.5 Å². The number of nitriles is 1. The van der Waals surface area contributed by atoms with E-state index in [1.54, 1.807) is 48.5 Å². The zero-order valence-electron chi connectivity index (χ0n) is 16.4. The first-order valence-corrected chi connectivity index (χ1v) is 9.88. The smallest absolute Gasteiger partial charge is 0.343 e. The van der Waals surface area contributed by atoms with E-state index in [0.29, 0.717) is 29.2 Å². The summed E-state index contributed by atoms with van der Waals surface area (Å²) in [6, 6.07) is 23.6. The Morgan fingerprint density at radius 3 is 2.17 bits per heavy atom. The first-order chi connectivity index (χ1) is 14.7. The minimum Gasteiger partial charge on any atom is -0.491 e. The Kier molecular flexibility index (Phi) is 6.07. The molecule has 3 aromatic rings. The molecular weight excluding hydrogens is 378 g/mol. The standard InChI is InChI=1S/C25H21NO4/c26-16-18-3-5-19(6-4-18)20-7-13-23(14-8-20)30-25(27)21-9-11-22(12-10-21)29-17-24-2-1-15-28-24/h3-14,24H,1-2,15,17H2/t24-/m0/s1. The molecule has 0 unspecified atom stereocenters. The number of hydrogen-bond acceptors (Lipinski definition) is 5. The Bertz CT molecular complexity index is 1030. The summed E-state index contributed by atoms with van der Waals surface area (Å²) in [5.41, 5.74) is 3.04. The lowest BCUT2D eigenvalue weighted by Crippen LogP contribution is -2.16. The van der Waals surface area contributed by atoms with E-state index in [2.05, 4.69) is 6.07 Å². The van der Waals surface area contributed by atoms with Crippen molar-refractivity contribution in [3.05, 3.63) is 83.9 Å². The van der Waals surface area contributed by atoms with Crippen LogP contribution in [0.15, 0.2) is 72.8 Å². The second-order valence-electron chi connectivity index (χ2n) is 7.07. The van der Waals surface area contributed by atoms with Gasteiger partial charge in [0.1, 0.15) is 18.1 Å². The molecule has 5 heteroatoms. The number of ether oxygens (including phenoxy) is 3. The predicted molar refractivity (Wildman–Crippen MR) is 112 cm³/mol. The lowest BCUT2D eigenvalue weighted by Gasteiger charge is -2.11. The van der Waals surface area contributed by atoms with Crippen LogP contribution in [-0.4, -0.2) is 25.3 Å². The van der Waals surface area contributed by atoms with E-state index in [1.165, 1.54) is 0 Å². The summed E-state index contributed by atoms with van der Waals surface area (Å²) >= 11 is 0. The van der Waals surface area contributed by atoms with Crippen molar-refractivity contribution in [2.24, 2.45) is 0 Å². The molecule has 0 radical (unpaired) electrons. The van der Waals surface area contributed by atoms with Gasteiger partial charge in [-0.2, -0.15) is 5.26 Å². The molecule has 30 heavy (non-hydrogen) atoms. The van der Waals surface area contributed by atoms with Crippen LogP contribution >= 0.6 is 0 Å². The van der Waals surface area contributed by atoms with Gasteiger partial charge in [0.2, 0.25) is 0 Å². The highest BCUT2D eigenvalue weighted by Gasteiger charge is 2.16. The van der Waals surface area contributed by atoms with Crippen molar-refractivity contribution >= 4 is 5.97 Å². The van der Waals surface area contributed by atoms with Gasteiger partial charge < -0.3 is 14.2 Å². The zero-order valence-corrected chi connectivity index (χ0v) is 16.4. The second kappa shape index (κ2) is 9.25. The van der Waals surface area contributed by atoms with Gasteiger partial charge >= 0.3 is 5.97 Å². The predicted octanol–water partition coefficient (Wildman–Crippen LogP) is 5.00. The molecule has 0 aromatic heterocycles.